The number of hydrogen-bond acceptors (Lipinski definition) is 6. The normalized spacial score (nSPS) is 10.3. The van der Waals surface area contributed by atoms with Crippen molar-refractivity contribution in [2.45, 2.75) is 0 Å². The largest absolute Gasteiger partial charge is 0.507 e. The smallest absolute Gasteiger partial charge is 0.329 e. The van der Waals surface area contributed by atoms with Crippen LogP contribution in [0.25, 0.3) is 0 Å². The summed E-state index contributed by atoms with van der Waals surface area (Å²) in [5.41, 5.74) is 2.76. The number of para-hydroxylation sites is 1. The van der Waals surface area contributed by atoms with Crippen molar-refractivity contribution in [2.75, 3.05) is 19.5 Å². The maximum absolute atomic E-state index is 11.9. The standard InChI is InChI=1S/C17H17N3O5/c1-24-12-7-8-15(25-2)13(9-12)19-16(22)17(23)20-18-10-11-5-3-4-6-14(11)21/h3-10,21H,1-2H3,(H,19,22)(H,20,23). The first-order valence-electron chi connectivity index (χ1n) is 7.19. The molecule has 0 saturated heterocycles. The molecular weight excluding hydrogens is 326 g/mol. The molecule has 8 heteroatoms. The summed E-state index contributed by atoms with van der Waals surface area (Å²) in [5, 5.41) is 15.6. The average molecular weight is 343 g/mol. The fraction of sp³-hybridized carbons (Fsp3) is 0.118. The molecule has 0 aromatic heterocycles. The summed E-state index contributed by atoms with van der Waals surface area (Å²) in [7, 11) is 2.92. The number of phenols is 1. The van der Waals surface area contributed by atoms with E-state index in [0.717, 1.165) is 0 Å². The number of hydrogen-bond donors (Lipinski definition) is 3. The van der Waals surface area contributed by atoms with Crippen molar-refractivity contribution >= 4 is 23.7 Å². The van der Waals surface area contributed by atoms with Crippen LogP contribution in [0.1, 0.15) is 5.56 Å². The second-order valence-corrected chi connectivity index (χ2v) is 4.78. The zero-order valence-corrected chi connectivity index (χ0v) is 13.6. The first kappa shape index (κ1) is 17.8. The van der Waals surface area contributed by atoms with Gasteiger partial charge in [0, 0.05) is 11.6 Å². The van der Waals surface area contributed by atoms with Gasteiger partial charge in [-0.25, -0.2) is 5.43 Å². The van der Waals surface area contributed by atoms with Crippen LogP contribution in [-0.2, 0) is 9.59 Å². The van der Waals surface area contributed by atoms with Gasteiger partial charge >= 0.3 is 11.8 Å². The van der Waals surface area contributed by atoms with Crippen LogP contribution in [0.5, 0.6) is 17.2 Å². The van der Waals surface area contributed by atoms with Gasteiger partial charge in [-0.3, -0.25) is 9.59 Å². The molecule has 2 amide bonds. The number of carbonyl (C=O) groups excluding carboxylic acids is 2. The van der Waals surface area contributed by atoms with Crippen molar-refractivity contribution in [2.24, 2.45) is 5.10 Å². The highest BCUT2D eigenvalue weighted by molar-refractivity contribution is 6.39. The molecule has 0 radical (unpaired) electrons. The zero-order valence-electron chi connectivity index (χ0n) is 13.6. The lowest BCUT2D eigenvalue weighted by Crippen LogP contribution is -2.32. The quantitative estimate of drug-likeness (QED) is 0.433. The van der Waals surface area contributed by atoms with E-state index in [1.165, 1.54) is 32.6 Å². The second-order valence-electron chi connectivity index (χ2n) is 4.78. The molecule has 8 nitrogen and oxygen atoms in total. The van der Waals surface area contributed by atoms with E-state index in [1.807, 2.05) is 0 Å². The van der Waals surface area contributed by atoms with Gasteiger partial charge in [-0.2, -0.15) is 5.10 Å². The van der Waals surface area contributed by atoms with Crippen molar-refractivity contribution in [3.8, 4) is 17.2 Å². The third-order valence-electron chi connectivity index (χ3n) is 3.17. The number of amides is 2. The van der Waals surface area contributed by atoms with Crippen LogP contribution < -0.4 is 20.2 Å². The van der Waals surface area contributed by atoms with Crippen molar-refractivity contribution < 1.29 is 24.2 Å². The number of hydrazone groups is 1. The number of nitrogens with zero attached hydrogens (tertiary/aromatic N) is 1. The predicted molar refractivity (Wildman–Crippen MR) is 92.0 cm³/mol. The molecule has 0 heterocycles. The van der Waals surface area contributed by atoms with Crippen LogP contribution in [0.3, 0.4) is 0 Å². The van der Waals surface area contributed by atoms with E-state index in [9.17, 15) is 14.7 Å². The predicted octanol–water partition coefficient (Wildman–Crippen LogP) is 1.50. The second kappa shape index (κ2) is 8.34. The number of rotatable bonds is 5. The molecule has 3 N–H and O–H groups in total. The lowest BCUT2D eigenvalue weighted by molar-refractivity contribution is -0.136. The van der Waals surface area contributed by atoms with Gasteiger partial charge in [0.15, 0.2) is 0 Å². The molecule has 25 heavy (non-hydrogen) atoms. The van der Waals surface area contributed by atoms with Gasteiger partial charge in [-0.15, -0.1) is 0 Å². The Kier molecular flexibility index (Phi) is 5.94. The van der Waals surface area contributed by atoms with E-state index < -0.39 is 11.8 Å². The molecule has 2 aromatic carbocycles. The van der Waals surface area contributed by atoms with Crippen LogP contribution >= 0.6 is 0 Å². The lowest BCUT2D eigenvalue weighted by atomic mass is 10.2. The van der Waals surface area contributed by atoms with Crippen LogP contribution in [0.15, 0.2) is 47.6 Å². The van der Waals surface area contributed by atoms with E-state index >= 15 is 0 Å². The summed E-state index contributed by atoms with van der Waals surface area (Å²) in [4.78, 5) is 23.8. The van der Waals surface area contributed by atoms with Gasteiger partial charge in [0.05, 0.1) is 26.1 Å². The van der Waals surface area contributed by atoms with Gasteiger partial charge in [0.25, 0.3) is 0 Å². The Bertz CT molecular complexity index is 805. The van der Waals surface area contributed by atoms with Crippen molar-refractivity contribution in [1.82, 2.24) is 5.43 Å². The van der Waals surface area contributed by atoms with E-state index in [4.69, 9.17) is 9.47 Å². The number of methoxy groups -OCH3 is 2. The highest BCUT2D eigenvalue weighted by Crippen LogP contribution is 2.28. The Morgan fingerprint density at radius 1 is 1.08 bits per heavy atom. The maximum Gasteiger partial charge on any atom is 0.329 e. The number of carbonyl (C=O) groups is 2. The fourth-order valence-electron chi connectivity index (χ4n) is 1.90. The molecule has 0 aliphatic carbocycles. The van der Waals surface area contributed by atoms with Crippen molar-refractivity contribution in [3.05, 3.63) is 48.0 Å². The average Bonchev–Trinajstić information content (AvgIpc) is 2.63. The molecule has 0 saturated carbocycles. The van der Waals surface area contributed by atoms with Crippen LogP contribution in [0.4, 0.5) is 5.69 Å². The third kappa shape index (κ3) is 4.71. The molecule has 0 spiro atoms. The Hall–Kier alpha value is -3.55. The maximum atomic E-state index is 11.9. The van der Waals surface area contributed by atoms with E-state index in [1.54, 1.807) is 30.3 Å². The Balaban J connectivity index is 2.01. The minimum absolute atomic E-state index is 0.00562. The minimum Gasteiger partial charge on any atom is -0.507 e. The summed E-state index contributed by atoms with van der Waals surface area (Å²) in [6.45, 7) is 0. The van der Waals surface area contributed by atoms with Crippen LogP contribution in [0.2, 0.25) is 0 Å². The number of benzene rings is 2. The highest BCUT2D eigenvalue weighted by atomic mass is 16.5. The molecule has 0 fully saturated rings. The molecular formula is C17H17N3O5. The molecule has 0 aliphatic heterocycles. The minimum atomic E-state index is -0.975. The lowest BCUT2D eigenvalue weighted by Gasteiger charge is -2.11. The fourth-order valence-corrected chi connectivity index (χ4v) is 1.90. The number of phenolic OH excluding ortho intramolecular Hbond substituents is 1. The Labute approximate surface area is 144 Å². The third-order valence-corrected chi connectivity index (χ3v) is 3.17. The summed E-state index contributed by atoms with van der Waals surface area (Å²) < 4.78 is 10.2. The number of nitrogens with one attached hydrogen (secondary N) is 2. The molecule has 2 aromatic rings. The van der Waals surface area contributed by atoms with Crippen LogP contribution in [0, 0.1) is 0 Å². The number of aromatic hydroxyl groups is 1. The van der Waals surface area contributed by atoms with Gasteiger partial charge in [-0.05, 0) is 24.3 Å². The zero-order chi connectivity index (χ0) is 18.2. The monoisotopic (exact) mass is 343 g/mol. The summed E-state index contributed by atoms with van der Waals surface area (Å²) in [6.07, 6.45) is 1.23. The summed E-state index contributed by atoms with van der Waals surface area (Å²) in [5.74, 6) is -1.03. The topological polar surface area (TPSA) is 109 Å². The molecule has 0 aliphatic rings. The van der Waals surface area contributed by atoms with Crippen molar-refractivity contribution in [3.63, 3.8) is 0 Å². The highest BCUT2D eigenvalue weighted by Gasteiger charge is 2.16. The van der Waals surface area contributed by atoms with Gasteiger partial charge in [-0.1, -0.05) is 12.1 Å². The molecule has 130 valence electrons. The molecule has 0 bridgehead atoms. The molecule has 0 atom stereocenters. The Morgan fingerprint density at radius 3 is 2.52 bits per heavy atom. The molecule has 2 rings (SSSR count). The van der Waals surface area contributed by atoms with E-state index in [2.05, 4.69) is 15.8 Å². The number of anilines is 1. The first-order valence-corrected chi connectivity index (χ1v) is 7.19. The van der Waals surface area contributed by atoms with Gasteiger partial charge in [0.1, 0.15) is 17.2 Å². The first-order chi connectivity index (χ1) is 12.0. The van der Waals surface area contributed by atoms with E-state index in [-0.39, 0.29) is 11.4 Å². The van der Waals surface area contributed by atoms with Gasteiger partial charge in [0.2, 0.25) is 0 Å². The SMILES string of the molecule is COc1ccc(OC)c(NC(=O)C(=O)NN=Cc2ccccc2O)c1. The van der Waals surface area contributed by atoms with Crippen LogP contribution in [-0.4, -0.2) is 37.4 Å². The Morgan fingerprint density at radius 2 is 1.84 bits per heavy atom. The molecule has 0 unspecified atom stereocenters. The van der Waals surface area contributed by atoms with E-state index in [0.29, 0.717) is 17.1 Å². The summed E-state index contributed by atoms with van der Waals surface area (Å²) in [6, 6.07) is 11.2. The van der Waals surface area contributed by atoms with Crippen molar-refractivity contribution in [1.29, 1.82) is 0 Å². The number of ether oxygens (including phenoxy) is 2. The van der Waals surface area contributed by atoms with Gasteiger partial charge < -0.3 is 19.9 Å². The summed E-state index contributed by atoms with van der Waals surface area (Å²) >= 11 is 0.